The molecule has 0 bridgehead atoms. The summed E-state index contributed by atoms with van der Waals surface area (Å²) in [7, 11) is 0. The highest BCUT2D eigenvalue weighted by Crippen LogP contribution is 2.37. The van der Waals surface area contributed by atoms with Crippen molar-refractivity contribution in [2.24, 2.45) is 0 Å². The van der Waals surface area contributed by atoms with Gasteiger partial charge in [-0.3, -0.25) is 4.90 Å². The maximum atomic E-state index is 12.6. The summed E-state index contributed by atoms with van der Waals surface area (Å²) < 4.78 is 6.71. The molecule has 4 rings (SSSR count). The highest BCUT2D eigenvalue weighted by molar-refractivity contribution is 9.10. The van der Waals surface area contributed by atoms with E-state index >= 15 is 0 Å². The number of likely N-dealkylation sites (tertiary alicyclic amines) is 1. The van der Waals surface area contributed by atoms with Crippen LogP contribution in [0.4, 0.5) is 4.79 Å². The predicted molar refractivity (Wildman–Crippen MR) is 109 cm³/mol. The molecule has 1 aromatic carbocycles. The van der Waals surface area contributed by atoms with Crippen molar-refractivity contribution in [1.29, 1.82) is 0 Å². The summed E-state index contributed by atoms with van der Waals surface area (Å²) in [4.78, 5) is 23.0. The molecule has 1 saturated heterocycles. The molecule has 0 unspecified atom stereocenters. The zero-order valence-corrected chi connectivity index (χ0v) is 17.7. The molecule has 2 heterocycles. The maximum Gasteiger partial charge on any atom is 0.410 e. The number of halogens is 1. The number of carbonyl (C=O) groups is 1. The van der Waals surface area contributed by atoms with Crippen LogP contribution in [0.15, 0.2) is 22.7 Å². The fourth-order valence-corrected chi connectivity index (χ4v) is 4.45. The molecule has 2 aromatic rings. The van der Waals surface area contributed by atoms with E-state index in [1.165, 1.54) is 16.8 Å². The minimum absolute atomic E-state index is 0.0364. The van der Waals surface area contributed by atoms with E-state index in [9.17, 15) is 4.79 Å². The number of carbonyl (C=O) groups excluding carboxylic acids is 1. The number of hydrogen-bond donors (Lipinski definition) is 1. The van der Waals surface area contributed by atoms with Crippen molar-refractivity contribution in [1.82, 2.24) is 14.9 Å². The van der Waals surface area contributed by atoms with Crippen LogP contribution in [-0.2, 0) is 17.6 Å². The third-order valence-electron chi connectivity index (χ3n) is 5.19. The van der Waals surface area contributed by atoms with Crippen LogP contribution in [0.2, 0.25) is 0 Å². The Morgan fingerprint density at radius 1 is 1.30 bits per heavy atom. The van der Waals surface area contributed by atoms with Crippen molar-refractivity contribution in [3.63, 3.8) is 0 Å². The van der Waals surface area contributed by atoms with Gasteiger partial charge in [-0.05, 0) is 70.6 Å². The molecule has 144 valence electrons. The lowest BCUT2D eigenvalue weighted by atomic mass is 10.0. The van der Waals surface area contributed by atoms with Crippen LogP contribution < -0.4 is 0 Å². The number of H-pyrrole nitrogens is 1. The van der Waals surface area contributed by atoms with Crippen molar-refractivity contribution in [2.45, 2.75) is 64.5 Å². The molecule has 6 heteroatoms. The van der Waals surface area contributed by atoms with Crippen LogP contribution in [0, 0.1) is 0 Å². The van der Waals surface area contributed by atoms with Gasteiger partial charge in [0, 0.05) is 22.3 Å². The van der Waals surface area contributed by atoms with Gasteiger partial charge in [0.1, 0.15) is 11.4 Å². The van der Waals surface area contributed by atoms with Gasteiger partial charge < -0.3 is 9.72 Å². The van der Waals surface area contributed by atoms with Crippen molar-refractivity contribution in [2.75, 3.05) is 6.54 Å². The first kappa shape index (κ1) is 18.5. The Hall–Kier alpha value is -1.82. The van der Waals surface area contributed by atoms with Crippen LogP contribution in [0.1, 0.15) is 63.2 Å². The molecule has 0 radical (unpaired) electrons. The van der Waals surface area contributed by atoms with Gasteiger partial charge in [-0.25, -0.2) is 9.78 Å². The predicted octanol–water partition coefficient (Wildman–Crippen LogP) is 5.40. The fraction of sp³-hybridized carbons (Fsp3) is 0.524. The van der Waals surface area contributed by atoms with E-state index in [0.29, 0.717) is 6.54 Å². The number of rotatable bonds is 1. The minimum Gasteiger partial charge on any atom is -0.444 e. The molecule has 2 aliphatic rings. The fourth-order valence-electron chi connectivity index (χ4n) is 4.04. The summed E-state index contributed by atoms with van der Waals surface area (Å²) in [6, 6.07) is 6.38. The van der Waals surface area contributed by atoms with Crippen LogP contribution in [0.3, 0.4) is 0 Å². The number of aromatic amines is 1. The maximum absolute atomic E-state index is 12.6. The molecule has 1 aromatic heterocycles. The first-order valence-corrected chi connectivity index (χ1v) is 10.5. The molecule has 1 aliphatic heterocycles. The summed E-state index contributed by atoms with van der Waals surface area (Å²) in [6.07, 6.45) is 4.77. The highest BCUT2D eigenvalue weighted by Gasteiger charge is 2.35. The third kappa shape index (κ3) is 3.77. The lowest BCUT2D eigenvalue weighted by molar-refractivity contribution is 0.0218. The number of fused-ring (bicyclic) bond motifs is 3. The Morgan fingerprint density at radius 2 is 2.11 bits per heavy atom. The van der Waals surface area contributed by atoms with Crippen molar-refractivity contribution >= 4 is 22.0 Å². The molecule has 1 aliphatic carbocycles. The number of imidazole rings is 1. The third-order valence-corrected chi connectivity index (χ3v) is 5.68. The van der Waals surface area contributed by atoms with Gasteiger partial charge in [-0.2, -0.15) is 0 Å². The second-order valence-electron chi connectivity index (χ2n) is 8.44. The number of benzene rings is 1. The van der Waals surface area contributed by atoms with E-state index in [4.69, 9.17) is 9.72 Å². The van der Waals surface area contributed by atoms with Gasteiger partial charge in [0.2, 0.25) is 0 Å². The van der Waals surface area contributed by atoms with E-state index in [2.05, 4.69) is 39.1 Å². The topological polar surface area (TPSA) is 58.2 Å². The lowest BCUT2D eigenvalue weighted by Gasteiger charge is -2.27. The van der Waals surface area contributed by atoms with Crippen molar-refractivity contribution in [3.8, 4) is 11.3 Å². The summed E-state index contributed by atoms with van der Waals surface area (Å²) in [5.74, 6) is 0.888. The van der Waals surface area contributed by atoms with Crippen LogP contribution in [-0.4, -0.2) is 33.1 Å². The number of aryl methyl sites for hydroxylation is 2. The smallest absolute Gasteiger partial charge is 0.410 e. The summed E-state index contributed by atoms with van der Waals surface area (Å²) in [5, 5.41) is 0. The van der Waals surface area contributed by atoms with E-state index < -0.39 is 5.60 Å². The number of ether oxygens (including phenoxy) is 1. The van der Waals surface area contributed by atoms with Crippen LogP contribution in [0.25, 0.3) is 11.3 Å². The first-order valence-electron chi connectivity index (χ1n) is 9.69. The van der Waals surface area contributed by atoms with E-state index in [-0.39, 0.29) is 12.1 Å². The van der Waals surface area contributed by atoms with Gasteiger partial charge in [0.05, 0.1) is 11.7 Å². The Kier molecular flexibility index (Phi) is 4.78. The van der Waals surface area contributed by atoms with Gasteiger partial charge >= 0.3 is 6.09 Å². The largest absolute Gasteiger partial charge is 0.444 e. The molecular weight excluding hydrogens is 406 g/mol. The molecule has 1 atom stereocenters. The van der Waals surface area contributed by atoms with Gasteiger partial charge in [-0.15, -0.1) is 0 Å². The zero-order valence-electron chi connectivity index (χ0n) is 16.1. The van der Waals surface area contributed by atoms with Gasteiger partial charge in [0.25, 0.3) is 0 Å². The molecule has 1 amide bonds. The quantitative estimate of drug-likeness (QED) is 0.657. The second kappa shape index (κ2) is 6.97. The van der Waals surface area contributed by atoms with E-state index in [1.807, 2.05) is 25.7 Å². The van der Waals surface area contributed by atoms with Crippen LogP contribution >= 0.6 is 15.9 Å². The highest BCUT2D eigenvalue weighted by atomic mass is 79.9. The Morgan fingerprint density at radius 3 is 2.89 bits per heavy atom. The van der Waals surface area contributed by atoms with E-state index in [1.54, 1.807) is 0 Å². The molecule has 27 heavy (non-hydrogen) atoms. The van der Waals surface area contributed by atoms with E-state index in [0.717, 1.165) is 48.1 Å². The molecule has 1 N–H and O–H groups in total. The summed E-state index contributed by atoms with van der Waals surface area (Å²) in [6.45, 7) is 6.43. The number of amides is 1. The lowest BCUT2D eigenvalue weighted by Crippen LogP contribution is -2.36. The Bertz CT molecular complexity index is 869. The van der Waals surface area contributed by atoms with Gasteiger partial charge in [0.15, 0.2) is 0 Å². The summed E-state index contributed by atoms with van der Waals surface area (Å²) >= 11 is 3.58. The number of nitrogens with one attached hydrogen (secondary N) is 1. The molecule has 1 fully saturated rings. The van der Waals surface area contributed by atoms with Crippen molar-refractivity contribution in [3.05, 3.63) is 39.8 Å². The average Bonchev–Trinajstić information content (AvgIpc) is 3.17. The standard InChI is InChI=1S/C21H26BrN3O2/c1-21(2,3)27-20(26)25-11-5-8-17(25)19-23-16-7-4-6-13-12-14(22)9-10-15(13)18(16)24-19/h9-10,12,17H,4-8,11H2,1-3H3,(H,23,24)/t17-/m1/s1. The minimum atomic E-state index is -0.489. The monoisotopic (exact) mass is 431 g/mol. The normalized spacial score (nSPS) is 19.4. The average molecular weight is 432 g/mol. The Balaban J connectivity index is 1.66. The van der Waals surface area contributed by atoms with Crippen molar-refractivity contribution < 1.29 is 9.53 Å². The molecule has 0 spiro atoms. The Labute approximate surface area is 168 Å². The number of hydrogen-bond acceptors (Lipinski definition) is 3. The second-order valence-corrected chi connectivity index (χ2v) is 9.35. The molecule has 0 saturated carbocycles. The number of aromatic nitrogens is 2. The molecule has 5 nitrogen and oxygen atoms in total. The number of nitrogens with zero attached hydrogens (tertiary/aromatic N) is 2. The van der Waals surface area contributed by atoms with Crippen LogP contribution in [0.5, 0.6) is 0 Å². The van der Waals surface area contributed by atoms with Gasteiger partial charge in [-0.1, -0.05) is 22.0 Å². The SMILES string of the molecule is CC(C)(C)OC(=O)N1CCC[C@@H]1c1nc2c([nH]1)CCCc1cc(Br)ccc1-2. The first-order chi connectivity index (χ1) is 12.8. The summed E-state index contributed by atoms with van der Waals surface area (Å²) in [5.41, 5.74) is 4.27. The zero-order chi connectivity index (χ0) is 19.2. The molecular formula is C21H26BrN3O2.